The zero-order chi connectivity index (χ0) is 14.6. The number of thioether (sulfide) groups is 1. The highest BCUT2D eigenvalue weighted by Crippen LogP contribution is 2.38. The van der Waals surface area contributed by atoms with E-state index in [1.807, 2.05) is 11.8 Å². The van der Waals surface area contributed by atoms with Crippen molar-refractivity contribution in [2.45, 2.75) is 43.4 Å². The van der Waals surface area contributed by atoms with Crippen LogP contribution in [0.3, 0.4) is 0 Å². The molecule has 0 heterocycles. The average Bonchev–Trinajstić information content (AvgIpc) is 2.48. The Morgan fingerprint density at radius 1 is 1.10 bits per heavy atom. The fourth-order valence-corrected chi connectivity index (χ4v) is 4.42. The van der Waals surface area contributed by atoms with Crippen molar-refractivity contribution in [2.24, 2.45) is 0 Å². The molecule has 1 aromatic carbocycles. The minimum absolute atomic E-state index is 0.371. The minimum Gasteiger partial charge on any atom is -0.311 e. The predicted molar refractivity (Wildman–Crippen MR) is 92.5 cm³/mol. The highest BCUT2D eigenvalue weighted by Gasteiger charge is 2.30. The highest BCUT2D eigenvalue weighted by molar-refractivity contribution is 8.00. The lowest BCUT2D eigenvalue weighted by molar-refractivity contribution is 0.379. The fourth-order valence-electron chi connectivity index (χ4n) is 2.80. The van der Waals surface area contributed by atoms with Crippen LogP contribution < -0.4 is 5.32 Å². The molecule has 1 aliphatic rings. The summed E-state index contributed by atoms with van der Waals surface area (Å²) >= 11 is 20.5. The Kier molecular flexibility index (Phi) is 6.37. The van der Waals surface area contributed by atoms with E-state index in [-0.39, 0.29) is 0 Å². The van der Waals surface area contributed by atoms with E-state index in [4.69, 9.17) is 34.8 Å². The third kappa shape index (κ3) is 3.98. The lowest BCUT2D eigenvalue weighted by atomic mass is 9.88. The summed E-state index contributed by atoms with van der Waals surface area (Å²) in [6.07, 6.45) is 8.83. The number of hydrogen-bond donors (Lipinski definition) is 1. The molecule has 0 bridgehead atoms. The molecule has 20 heavy (non-hydrogen) atoms. The number of halogens is 3. The van der Waals surface area contributed by atoms with Crippen molar-refractivity contribution >= 4 is 46.6 Å². The standard InChI is InChI=1S/C15H20Cl3NS/c1-20-15(7-3-2-4-8-15)10-19-9-11-12(16)5-6-13(17)14(11)18/h5-6,19H,2-4,7-10H2,1H3. The first kappa shape index (κ1) is 16.8. The Balaban J connectivity index is 1.97. The van der Waals surface area contributed by atoms with Crippen molar-refractivity contribution in [1.29, 1.82) is 0 Å². The van der Waals surface area contributed by atoms with Crippen molar-refractivity contribution < 1.29 is 0 Å². The second kappa shape index (κ2) is 7.60. The maximum Gasteiger partial charge on any atom is 0.0652 e. The van der Waals surface area contributed by atoms with E-state index in [1.54, 1.807) is 12.1 Å². The van der Waals surface area contributed by atoms with Crippen molar-refractivity contribution in [1.82, 2.24) is 5.32 Å². The van der Waals surface area contributed by atoms with E-state index >= 15 is 0 Å². The minimum atomic E-state index is 0.371. The second-order valence-corrected chi connectivity index (χ2v) is 7.84. The van der Waals surface area contributed by atoms with Crippen molar-refractivity contribution in [3.63, 3.8) is 0 Å². The van der Waals surface area contributed by atoms with Crippen molar-refractivity contribution in [2.75, 3.05) is 12.8 Å². The molecule has 0 aliphatic heterocycles. The lowest BCUT2D eigenvalue weighted by Gasteiger charge is -2.36. The summed E-state index contributed by atoms with van der Waals surface area (Å²) in [5, 5.41) is 5.32. The largest absolute Gasteiger partial charge is 0.311 e. The molecule has 0 atom stereocenters. The molecule has 0 unspecified atom stereocenters. The average molecular weight is 353 g/mol. The molecule has 0 aromatic heterocycles. The van der Waals surface area contributed by atoms with Gasteiger partial charge in [-0.15, -0.1) is 0 Å². The molecule has 112 valence electrons. The van der Waals surface area contributed by atoms with Crippen LogP contribution in [0, 0.1) is 0 Å². The van der Waals surface area contributed by atoms with Crippen LogP contribution in [0.5, 0.6) is 0 Å². The van der Waals surface area contributed by atoms with Gasteiger partial charge in [-0.05, 0) is 31.2 Å². The van der Waals surface area contributed by atoms with Crippen LogP contribution in [-0.4, -0.2) is 17.5 Å². The Morgan fingerprint density at radius 2 is 1.75 bits per heavy atom. The van der Waals surface area contributed by atoms with Gasteiger partial charge in [-0.1, -0.05) is 54.1 Å². The van der Waals surface area contributed by atoms with E-state index in [2.05, 4.69) is 11.6 Å². The molecule has 1 aliphatic carbocycles. The van der Waals surface area contributed by atoms with Gasteiger partial charge in [0.05, 0.1) is 10.0 Å². The molecule has 1 aromatic rings. The molecule has 1 nitrogen and oxygen atoms in total. The van der Waals surface area contributed by atoms with Gasteiger partial charge in [0, 0.05) is 28.4 Å². The molecule has 1 saturated carbocycles. The predicted octanol–water partition coefficient (Wildman–Crippen LogP) is 5.80. The third-order valence-electron chi connectivity index (χ3n) is 4.09. The summed E-state index contributed by atoms with van der Waals surface area (Å²) in [7, 11) is 0. The molecule has 0 spiro atoms. The van der Waals surface area contributed by atoms with Gasteiger partial charge in [0.1, 0.15) is 0 Å². The van der Waals surface area contributed by atoms with Crippen LogP contribution in [0.2, 0.25) is 15.1 Å². The first-order chi connectivity index (χ1) is 9.58. The van der Waals surface area contributed by atoms with Crippen molar-refractivity contribution in [3.8, 4) is 0 Å². The molecule has 0 saturated heterocycles. The quantitative estimate of drug-likeness (QED) is 0.672. The van der Waals surface area contributed by atoms with E-state index in [9.17, 15) is 0 Å². The number of benzene rings is 1. The Labute approximate surface area is 140 Å². The number of rotatable bonds is 5. The Bertz CT molecular complexity index is 459. The maximum atomic E-state index is 6.23. The van der Waals surface area contributed by atoms with Gasteiger partial charge in [-0.25, -0.2) is 0 Å². The van der Waals surface area contributed by atoms with E-state index in [0.717, 1.165) is 12.1 Å². The first-order valence-corrected chi connectivity index (χ1v) is 9.32. The van der Waals surface area contributed by atoms with Crippen LogP contribution in [0.15, 0.2) is 12.1 Å². The van der Waals surface area contributed by atoms with Crippen LogP contribution in [0.1, 0.15) is 37.7 Å². The van der Waals surface area contributed by atoms with Crippen molar-refractivity contribution in [3.05, 3.63) is 32.8 Å². The van der Waals surface area contributed by atoms with Gasteiger partial charge in [-0.3, -0.25) is 0 Å². The van der Waals surface area contributed by atoms with E-state index in [0.29, 0.717) is 26.4 Å². The maximum absolute atomic E-state index is 6.23. The van der Waals surface area contributed by atoms with Gasteiger partial charge in [0.2, 0.25) is 0 Å². The Hall–Kier alpha value is 0.400. The van der Waals surface area contributed by atoms with Gasteiger partial charge in [0.15, 0.2) is 0 Å². The topological polar surface area (TPSA) is 12.0 Å². The summed E-state index contributed by atoms with van der Waals surface area (Å²) in [6, 6.07) is 3.54. The number of nitrogens with one attached hydrogen (secondary N) is 1. The SMILES string of the molecule is CSC1(CNCc2c(Cl)ccc(Cl)c2Cl)CCCCC1. The summed E-state index contributed by atoms with van der Waals surface area (Å²) in [5.74, 6) is 0. The third-order valence-corrected chi connectivity index (χ3v) is 6.70. The van der Waals surface area contributed by atoms with Gasteiger partial charge in [0.25, 0.3) is 0 Å². The fraction of sp³-hybridized carbons (Fsp3) is 0.600. The molecule has 2 rings (SSSR count). The zero-order valence-electron chi connectivity index (χ0n) is 11.6. The molecular weight excluding hydrogens is 333 g/mol. The first-order valence-electron chi connectivity index (χ1n) is 6.96. The van der Waals surface area contributed by atoms with Crippen LogP contribution in [0.4, 0.5) is 0 Å². The molecular formula is C15H20Cl3NS. The summed E-state index contributed by atoms with van der Waals surface area (Å²) < 4.78 is 0.371. The lowest BCUT2D eigenvalue weighted by Crippen LogP contribution is -2.39. The van der Waals surface area contributed by atoms with E-state index in [1.165, 1.54) is 32.1 Å². The van der Waals surface area contributed by atoms with Gasteiger partial charge in [-0.2, -0.15) is 11.8 Å². The zero-order valence-corrected chi connectivity index (χ0v) is 14.7. The molecule has 1 N–H and O–H groups in total. The molecule has 0 amide bonds. The van der Waals surface area contributed by atoms with E-state index < -0.39 is 0 Å². The highest BCUT2D eigenvalue weighted by atomic mass is 35.5. The van der Waals surface area contributed by atoms with Crippen LogP contribution in [0.25, 0.3) is 0 Å². The molecule has 5 heteroatoms. The molecule has 1 fully saturated rings. The monoisotopic (exact) mass is 351 g/mol. The van der Waals surface area contributed by atoms with Gasteiger partial charge < -0.3 is 5.32 Å². The Morgan fingerprint density at radius 3 is 2.40 bits per heavy atom. The number of hydrogen-bond acceptors (Lipinski definition) is 2. The molecule has 0 radical (unpaired) electrons. The van der Waals surface area contributed by atoms with Crippen LogP contribution >= 0.6 is 46.6 Å². The summed E-state index contributed by atoms with van der Waals surface area (Å²) in [6.45, 7) is 1.66. The smallest absolute Gasteiger partial charge is 0.0652 e. The van der Waals surface area contributed by atoms with Gasteiger partial charge >= 0.3 is 0 Å². The second-order valence-electron chi connectivity index (χ2n) is 5.37. The normalized spacial score (nSPS) is 18.2. The summed E-state index contributed by atoms with van der Waals surface area (Å²) in [5.41, 5.74) is 0.896. The summed E-state index contributed by atoms with van der Waals surface area (Å²) in [4.78, 5) is 0. The van der Waals surface area contributed by atoms with Crippen LogP contribution in [-0.2, 0) is 6.54 Å².